The smallest absolute Gasteiger partial charge is 0.306 e. The van der Waals surface area contributed by atoms with Crippen LogP contribution in [0, 0.1) is 0 Å². The van der Waals surface area contributed by atoms with Crippen molar-refractivity contribution in [3.05, 3.63) is 12.2 Å². The highest BCUT2D eigenvalue weighted by Crippen LogP contribution is 2.15. The molecule has 0 radical (unpaired) electrons. The molecule has 0 aliphatic heterocycles. The molecule has 0 rings (SSSR count). The summed E-state index contributed by atoms with van der Waals surface area (Å²) < 4.78 is 5.75. The number of aliphatic carboxylic acids is 1. The van der Waals surface area contributed by atoms with Crippen molar-refractivity contribution in [2.75, 3.05) is 0 Å². The second-order valence-corrected chi connectivity index (χ2v) is 9.23. The van der Waals surface area contributed by atoms with Crippen molar-refractivity contribution in [1.82, 2.24) is 0 Å². The summed E-state index contributed by atoms with van der Waals surface area (Å²) >= 11 is 0. The molecule has 0 aromatic heterocycles. The zero-order valence-corrected chi connectivity index (χ0v) is 21.3. The molecule has 4 nitrogen and oxygen atoms in total. The predicted molar refractivity (Wildman–Crippen MR) is 135 cm³/mol. The summed E-state index contributed by atoms with van der Waals surface area (Å²) in [6.07, 6.45) is 26.7. The van der Waals surface area contributed by atoms with Gasteiger partial charge in [-0.3, -0.25) is 9.59 Å². The molecule has 0 amide bonds. The number of carboxylic acid groups (broad SMARTS) is 1. The molecule has 0 saturated heterocycles. The van der Waals surface area contributed by atoms with E-state index in [1.54, 1.807) is 0 Å². The summed E-state index contributed by atoms with van der Waals surface area (Å²) in [5, 5.41) is 8.71. The first-order valence-corrected chi connectivity index (χ1v) is 13.7. The number of ether oxygens (including phenoxy) is 1. The lowest BCUT2D eigenvalue weighted by Crippen LogP contribution is -2.16. The first-order chi connectivity index (χ1) is 15.6. The Balaban J connectivity index is 3.92. The topological polar surface area (TPSA) is 63.6 Å². The fraction of sp³-hybridized carbons (Fsp3) is 0.857. The Morgan fingerprint density at radius 2 is 1.19 bits per heavy atom. The third-order valence-electron chi connectivity index (χ3n) is 5.97. The van der Waals surface area contributed by atoms with E-state index in [1.165, 1.54) is 57.8 Å². The number of hydrogen-bond donors (Lipinski definition) is 1. The fourth-order valence-electron chi connectivity index (χ4n) is 3.90. The van der Waals surface area contributed by atoms with Gasteiger partial charge in [0.1, 0.15) is 6.10 Å². The first-order valence-electron chi connectivity index (χ1n) is 13.7. The van der Waals surface area contributed by atoms with Crippen LogP contribution in [0.3, 0.4) is 0 Å². The Morgan fingerprint density at radius 1 is 0.688 bits per heavy atom. The fourth-order valence-corrected chi connectivity index (χ4v) is 3.90. The highest BCUT2D eigenvalue weighted by molar-refractivity contribution is 5.69. The van der Waals surface area contributed by atoms with Crippen molar-refractivity contribution in [2.45, 2.75) is 155 Å². The molecule has 0 fully saturated rings. The van der Waals surface area contributed by atoms with E-state index in [-0.39, 0.29) is 18.5 Å². The van der Waals surface area contributed by atoms with E-state index >= 15 is 0 Å². The maximum Gasteiger partial charge on any atom is 0.306 e. The Morgan fingerprint density at radius 3 is 1.75 bits per heavy atom. The molecule has 0 spiro atoms. The van der Waals surface area contributed by atoms with Crippen molar-refractivity contribution in [2.24, 2.45) is 0 Å². The largest absolute Gasteiger partial charge is 0.481 e. The van der Waals surface area contributed by atoms with E-state index in [9.17, 15) is 9.59 Å². The number of hydrogen-bond acceptors (Lipinski definition) is 3. The maximum atomic E-state index is 12.3. The van der Waals surface area contributed by atoms with Gasteiger partial charge in [-0.1, -0.05) is 110 Å². The lowest BCUT2D eigenvalue weighted by molar-refractivity contribution is -0.147. The molecule has 4 heteroatoms. The summed E-state index contributed by atoms with van der Waals surface area (Å²) in [6.45, 7) is 4.43. The third-order valence-corrected chi connectivity index (χ3v) is 5.97. The van der Waals surface area contributed by atoms with Crippen LogP contribution >= 0.6 is 0 Å². The molecule has 188 valence electrons. The van der Waals surface area contributed by atoms with Crippen molar-refractivity contribution in [1.29, 1.82) is 0 Å². The summed E-state index contributed by atoms with van der Waals surface area (Å²) in [4.78, 5) is 22.9. The van der Waals surface area contributed by atoms with Crippen LogP contribution in [0.15, 0.2) is 12.2 Å². The number of allylic oxidation sites excluding steroid dienone is 1. The number of unbranched alkanes of at least 4 members (excludes halogenated alkanes) is 15. The van der Waals surface area contributed by atoms with Gasteiger partial charge in [-0.25, -0.2) is 0 Å². The molecule has 0 saturated carbocycles. The van der Waals surface area contributed by atoms with E-state index < -0.39 is 5.97 Å². The van der Waals surface area contributed by atoms with Gasteiger partial charge in [0.2, 0.25) is 0 Å². The molecule has 0 heterocycles. The van der Waals surface area contributed by atoms with Crippen LogP contribution in [0.25, 0.3) is 0 Å². The Hall–Kier alpha value is -1.32. The number of carboxylic acids is 1. The lowest BCUT2D eigenvalue weighted by Gasteiger charge is -2.15. The zero-order valence-electron chi connectivity index (χ0n) is 21.3. The van der Waals surface area contributed by atoms with Gasteiger partial charge in [0.15, 0.2) is 0 Å². The molecule has 1 unspecified atom stereocenters. The van der Waals surface area contributed by atoms with Crippen molar-refractivity contribution in [3.63, 3.8) is 0 Å². The van der Waals surface area contributed by atoms with E-state index in [2.05, 4.69) is 26.0 Å². The van der Waals surface area contributed by atoms with E-state index in [0.29, 0.717) is 6.42 Å². The number of esters is 1. The minimum Gasteiger partial charge on any atom is -0.481 e. The molecule has 1 atom stereocenters. The average molecular weight is 453 g/mol. The molecule has 0 aliphatic carbocycles. The van der Waals surface area contributed by atoms with Gasteiger partial charge in [-0.15, -0.1) is 0 Å². The Bertz CT molecular complexity index is 458. The van der Waals surface area contributed by atoms with Crippen molar-refractivity contribution >= 4 is 11.9 Å². The quantitative estimate of drug-likeness (QED) is 0.0902. The lowest BCUT2D eigenvalue weighted by atomic mass is 10.1. The molecule has 0 bridgehead atoms. The van der Waals surface area contributed by atoms with Crippen LogP contribution in [0.4, 0.5) is 0 Å². The average Bonchev–Trinajstić information content (AvgIpc) is 2.76. The van der Waals surface area contributed by atoms with Gasteiger partial charge in [-0.2, -0.15) is 0 Å². The monoisotopic (exact) mass is 452 g/mol. The maximum absolute atomic E-state index is 12.3. The number of rotatable bonds is 24. The van der Waals surface area contributed by atoms with E-state index in [1.807, 2.05) is 0 Å². The minimum atomic E-state index is -0.724. The number of carbonyl (C=O) groups is 2. The van der Waals surface area contributed by atoms with E-state index in [4.69, 9.17) is 9.84 Å². The molecule has 0 aromatic rings. The molecule has 0 aliphatic rings. The first kappa shape index (κ1) is 30.7. The summed E-state index contributed by atoms with van der Waals surface area (Å²) in [7, 11) is 0. The minimum absolute atomic E-state index is 0.0723. The van der Waals surface area contributed by atoms with Gasteiger partial charge in [-0.05, 0) is 38.2 Å². The third kappa shape index (κ3) is 23.3. The highest BCUT2D eigenvalue weighted by atomic mass is 16.5. The van der Waals surface area contributed by atoms with Crippen LogP contribution in [0.5, 0.6) is 0 Å². The van der Waals surface area contributed by atoms with Crippen LogP contribution in [-0.4, -0.2) is 23.1 Å². The standard InChI is InChI=1S/C28H52O4/c1-3-5-7-9-10-11-12-13-14-15-21-25-28(31)32-26(22-18-8-6-4-2)23-19-16-17-20-24-27(29)30/h18,22,26H,3-17,19-21,23-25H2,1-2H3,(H,29,30)/b22-18-. The van der Waals surface area contributed by atoms with Crippen LogP contribution < -0.4 is 0 Å². The molecule has 0 aromatic carbocycles. The molecule has 1 N–H and O–H groups in total. The van der Waals surface area contributed by atoms with Crippen LogP contribution in [0.2, 0.25) is 0 Å². The van der Waals surface area contributed by atoms with Crippen LogP contribution in [0.1, 0.15) is 149 Å². The Labute approximate surface area is 198 Å². The van der Waals surface area contributed by atoms with E-state index in [0.717, 1.165) is 64.2 Å². The normalized spacial score (nSPS) is 12.3. The zero-order chi connectivity index (χ0) is 23.7. The van der Waals surface area contributed by atoms with Gasteiger partial charge in [0.25, 0.3) is 0 Å². The highest BCUT2D eigenvalue weighted by Gasteiger charge is 2.11. The second kappa shape index (κ2) is 24.3. The second-order valence-electron chi connectivity index (χ2n) is 9.23. The van der Waals surface area contributed by atoms with Gasteiger partial charge in [0.05, 0.1) is 0 Å². The van der Waals surface area contributed by atoms with Gasteiger partial charge in [0, 0.05) is 12.8 Å². The van der Waals surface area contributed by atoms with Gasteiger partial charge < -0.3 is 9.84 Å². The Kier molecular flexibility index (Phi) is 23.3. The predicted octanol–water partition coefficient (Wildman–Crippen LogP) is 8.77. The number of carbonyl (C=O) groups excluding carboxylic acids is 1. The van der Waals surface area contributed by atoms with Crippen molar-refractivity contribution < 1.29 is 19.4 Å². The molecular weight excluding hydrogens is 400 g/mol. The van der Waals surface area contributed by atoms with Crippen LogP contribution in [-0.2, 0) is 14.3 Å². The summed E-state index contributed by atoms with van der Waals surface area (Å²) in [5.74, 6) is -0.796. The van der Waals surface area contributed by atoms with Crippen molar-refractivity contribution in [3.8, 4) is 0 Å². The molecular formula is C28H52O4. The summed E-state index contributed by atoms with van der Waals surface area (Å²) in [5.41, 5.74) is 0. The van der Waals surface area contributed by atoms with Gasteiger partial charge >= 0.3 is 11.9 Å². The SMILES string of the molecule is CCCC/C=C\C(CCCCCCC(=O)O)OC(=O)CCCCCCCCCCCCC. The molecule has 32 heavy (non-hydrogen) atoms. The summed E-state index contributed by atoms with van der Waals surface area (Å²) in [6, 6.07) is 0.